The topological polar surface area (TPSA) is 104 Å². The summed E-state index contributed by atoms with van der Waals surface area (Å²) in [5.41, 5.74) is 7.07. The number of benzene rings is 2. The molecule has 0 amide bonds. The minimum Gasteiger partial charge on any atom is -0.493 e. The third-order valence-corrected chi connectivity index (χ3v) is 8.70. The number of ether oxygens (including phenoxy) is 3. The molecule has 0 saturated heterocycles. The Morgan fingerprint density at radius 2 is 1.34 bits per heavy atom. The van der Waals surface area contributed by atoms with Crippen LogP contribution in [-0.4, -0.2) is 62.4 Å². The van der Waals surface area contributed by atoms with Gasteiger partial charge in [-0.1, -0.05) is 97.4 Å². The molecule has 2 rings (SSSR count). The molecule has 0 radical (unpaired) electrons. The fraction of sp³-hybridized carbons (Fsp3) is 0.595. The van der Waals surface area contributed by atoms with Crippen LogP contribution >= 0.6 is 0 Å². The number of hydrogen-bond acceptors (Lipinski definition) is 8. The fourth-order valence-electron chi connectivity index (χ4n) is 5.83. The zero-order chi connectivity index (χ0) is 36.4. The van der Waals surface area contributed by atoms with E-state index in [2.05, 4.69) is 58.2 Å². The van der Waals surface area contributed by atoms with Gasteiger partial charge < -0.3 is 24.4 Å². The lowest BCUT2D eigenvalue weighted by Crippen LogP contribution is -2.11. The molecule has 280 valence electrons. The van der Waals surface area contributed by atoms with Crippen LogP contribution in [0.15, 0.2) is 54.6 Å². The minimum absolute atomic E-state index is 0.0658. The van der Waals surface area contributed by atoms with Crippen LogP contribution < -0.4 is 9.47 Å². The highest BCUT2D eigenvalue weighted by Crippen LogP contribution is 2.37. The molecule has 8 heteroatoms. The Balaban J connectivity index is 2.28. The summed E-state index contributed by atoms with van der Waals surface area (Å²) in [6.45, 7) is 14.9. The van der Waals surface area contributed by atoms with Crippen molar-refractivity contribution < 1.29 is 39.0 Å². The molecule has 0 saturated carbocycles. The van der Waals surface area contributed by atoms with Crippen LogP contribution in [0.4, 0.5) is 0 Å². The standard InChI is InChI=1S/C42H64O8/c1-6-9-11-13-15-19-35-29-36(46-27-28-49-50-32-33(4)30-43)21-22-38(35)40-23-24-41(37(8-3)39(40)20-16-14-12-10-7-2)47-25-17-18-26-48-42(45)34(5)31-44/h21-24,29,43-44H,4-20,25-28,30-32H2,1-3H3. The number of esters is 1. The first-order valence-corrected chi connectivity index (χ1v) is 18.9. The van der Waals surface area contributed by atoms with Crippen molar-refractivity contribution in [3.05, 3.63) is 71.3 Å². The number of carbonyl (C=O) groups excluding carboxylic acids is 1. The van der Waals surface area contributed by atoms with Crippen molar-refractivity contribution in [2.24, 2.45) is 0 Å². The lowest BCUT2D eigenvalue weighted by Gasteiger charge is -2.21. The average Bonchev–Trinajstić information content (AvgIpc) is 3.13. The summed E-state index contributed by atoms with van der Waals surface area (Å²) in [5, 5.41) is 18.1. The quantitative estimate of drug-likeness (QED) is 0.0208. The summed E-state index contributed by atoms with van der Waals surface area (Å²) >= 11 is 0. The molecule has 0 bridgehead atoms. The van der Waals surface area contributed by atoms with E-state index in [9.17, 15) is 4.79 Å². The van der Waals surface area contributed by atoms with E-state index in [4.69, 9.17) is 34.2 Å². The molecule has 0 fully saturated rings. The van der Waals surface area contributed by atoms with Gasteiger partial charge in [-0.05, 0) is 96.5 Å². The SMILES string of the molecule is C=C(CO)COOCCOc1ccc(-c2ccc(OCCCCOC(=O)C(=C)CO)c(CC)c2CCCCCCC)c(CCCCCCC)c1. The maximum atomic E-state index is 11.8. The molecule has 0 aromatic heterocycles. The summed E-state index contributed by atoms with van der Waals surface area (Å²) in [6.07, 6.45) is 16.4. The number of unbranched alkanes of at least 4 members (excludes halogenated alkanes) is 9. The number of rotatable bonds is 30. The van der Waals surface area contributed by atoms with E-state index >= 15 is 0 Å². The van der Waals surface area contributed by atoms with Gasteiger partial charge in [0.2, 0.25) is 0 Å². The van der Waals surface area contributed by atoms with E-state index in [0.717, 1.165) is 50.0 Å². The van der Waals surface area contributed by atoms with Crippen LogP contribution in [0.5, 0.6) is 11.5 Å². The molecule has 0 spiro atoms. The highest BCUT2D eigenvalue weighted by Gasteiger charge is 2.18. The van der Waals surface area contributed by atoms with Crippen molar-refractivity contribution in [1.82, 2.24) is 0 Å². The van der Waals surface area contributed by atoms with E-state index in [1.165, 1.54) is 79.2 Å². The Bertz CT molecular complexity index is 1270. The van der Waals surface area contributed by atoms with Gasteiger partial charge in [0.15, 0.2) is 0 Å². The maximum Gasteiger partial charge on any atom is 0.335 e. The van der Waals surface area contributed by atoms with Gasteiger partial charge in [0, 0.05) is 0 Å². The maximum absolute atomic E-state index is 11.8. The van der Waals surface area contributed by atoms with Gasteiger partial charge >= 0.3 is 5.97 Å². The Morgan fingerprint density at radius 3 is 2.02 bits per heavy atom. The number of aryl methyl sites for hydroxylation is 1. The van der Waals surface area contributed by atoms with Crippen molar-refractivity contribution in [2.45, 2.75) is 117 Å². The summed E-state index contributed by atoms with van der Waals surface area (Å²) in [6, 6.07) is 10.8. The van der Waals surface area contributed by atoms with Crippen LogP contribution in [0.2, 0.25) is 0 Å². The van der Waals surface area contributed by atoms with Gasteiger partial charge in [-0.15, -0.1) is 0 Å². The van der Waals surface area contributed by atoms with Crippen LogP contribution in [0.1, 0.15) is 115 Å². The molecule has 0 atom stereocenters. The molecule has 0 heterocycles. The molecule has 0 aliphatic heterocycles. The Labute approximate surface area is 301 Å². The van der Waals surface area contributed by atoms with Gasteiger partial charge in [-0.25, -0.2) is 14.6 Å². The molecule has 0 aliphatic carbocycles. The second-order valence-corrected chi connectivity index (χ2v) is 12.9. The molecule has 2 aromatic rings. The lowest BCUT2D eigenvalue weighted by atomic mass is 9.87. The lowest BCUT2D eigenvalue weighted by molar-refractivity contribution is -0.290. The highest BCUT2D eigenvalue weighted by molar-refractivity contribution is 5.87. The second-order valence-electron chi connectivity index (χ2n) is 12.9. The molecule has 0 unspecified atom stereocenters. The molecular weight excluding hydrogens is 632 g/mol. The summed E-state index contributed by atoms with van der Waals surface area (Å²) in [7, 11) is 0. The van der Waals surface area contributed by atoms with E-state index in [1.807, 2.05) is 6.07 Å². The Morgan fingerprint density at radius 1 is 0.660 bits per heavy atom. The molecule has 2 aromatic carbocycles. The fourth-order valence-corrected chi connectivity index (χ4v) is 5.83. The van der Waals surface area contributed by atoms with Crippen molar-refractivity contribution in [1.29, 1.82) is 0 Å². The van der Waals surface area contributed by atoms with E-state index in [1.54, 1.807) is 0 Å². The predicted molar refractivity (Wildman–Crippen MR) is 202 cm³/mol. The average molecular weight is 697 g/mol. The van der Waals surface area contributed by atoms with Gasteiger partial charge in [-0.2, -0.15) is 0 Å². The molecule has 50 heavy (non-hydrogen) atoms. The number of aliphatic hydroxyl groups excluding tert-OH is 2. The van der Waals surface area contributed by atoms with Gasteiger partial charge in [0.25, 0.3) is 0 Å². The van der Waals surface area contributed by atoms with Crippen LogP contribution in [0.25, 0.3) is 11.1 Å². The largest absolute Gasteiger partial charge is 0.493 e. The zero-order valence-electron chi connectivity index (χ0n) is 31.2. The van der Waals surface area contributed by atoms with E-state index < -0.39 is 12.6 Å². The van der Waals surface area contributed by atoms with E-state index in [-0.39, 0.29) is 32.0 Å². The number of hydrogen-bond donors (Lipinski definition) is 2. The monoisotopic (exact) mass is 696 g/mol. The third-order valence-electron chi connectivity index (χ3n) is 8.70. The highest BCUT2D eigenvalue weighted by atomic mass is 17.2. The number of aliphatic hydroxyl groups is 2. The molecule has 8 nitrogen and oxygen atoms in total. The molecular formula is C42H64O8. The summed E-state index contributed by atoms with van der Waals surface area (Å²) in [5.74, 6) is 1.18. The predicted octanol–water partition coefficient (Wildman–Crippen LogP) is 9.07. The van der Waals surface area contributed by atoms with Crippen LogP contribution in [0, 0.1) is 0 Å². The van der Waals surface area contributed by atoms with E-state index in [0.29, 0.717) is 25.2 Å². The van der Waals surface area contributed by atoms with Crippen LogP contribution in [0.3, 0.4) is 0 Å². The number of carbonyl (C=O) groups is 1. The van der Waals surface area contributed by atoms with Crippen molar-refractivity contribution >= 4 is 5.97 Å². The van der Waals surface area contributed by atoms with Crippen molar-refractivity contribution in [2.75, 3.05) is 46.2 Å². The van der Waals surface area contributed by atoms with Crippen molar-refractivity contribution in [3.8, 4) is 22.6 Å². The second kappa shape index (κ2) is 26.6. The first kappa shape index (κ1) is 43.0. The van der Waals surface area contributed by atoms with Crippen molar-refractivity contribution in [3.63, 3.8) is 0 Å². The third kappa shape index (κ3) is 16.2. The van der Waals surface area contributed by atoms with Gasteiger partial charge in [0.1, 0.15) is 31.3 Å². The molecule has 0 aliphatic rings. The minimum atomic E-state index is -0.554. The summed E-state index contributed by atoms with van der Waals surface area (Å²) < 4.78 is 17.6. The normalized spacial score (nSPS) is 11.1. The Kier molecular flexibility index (Phi) is 22.9. The Hall–Kier alpha value is -3.17. The zero-order valence-corrected chi connectivity index (χ0v) is 31.2. The van der Waals surface area contributed by atoms with Gasteiger partial charge in [0.05, 0.1) is 32.0 Å². The van der Waals surface area contributed by atoms with Gasteiger partial charge in [-0.3, -0.25) is 0 Å². The molecule has 2 N–H and O–H groups in total. The first-order valence-electron chi connectivity index (χ1n) is 18.9. The summed E-state index contributed by atoms with van der Waals surface area (Å²) in [4.78, 5) is 22.0. The van der Waals surface area contributed by atoms with Crippen LogP contribution in [-0.2, 0) is 38.6 Å². The first-order chi connectivity index (χ1) is 24.4. The smallest absolute Gasteiger partial charge is 0.335 e.